The number of pyridine rings is 1. The van der Waals surface area contributed by atoms with Crippen LogP contribution in [0.5, 0.6) is 0 Å². The fourth-order valence-corrected chi connectivity index (χ4v) is 1.25. The van der Waals surface area contributed by atoms with Crippen molar-refractivity contribution in [1.82, 2.24) is 9.88 Å². The third-order valence-electron chi connectivity index (χ3n) is 2.05. The number of carbonyl (C=O) groups is 1. The van der Waals surface area contributed by atoms with Crippen LogP contribution < -0.4 is 5.43 Å². The Morgan fingerprint density at radius 1 is 1.43 bits per heavy atom. The van der Waals surface area contributed by atoms with Gasteiger partial charge in [-0.05, 0) is 13.8 Å². The second-order valence-corrected chi connectivity index (χ2v) is 2.92. The molecule has 4 nitrogen and oxygen atoms in total. The molecule has 0 spiro atoms. The number of hydrogen-bond donors (Lipinski definition) is 1. The zero-order valence-corrected chi connectivity index (χ0v) is 8.41. The Labute approximate surface area is 82.6 Å². The predicted molar refractivity (Wildman–Crippen MR) is 54.3 cm³/mol. The van der Waals surface area contributed by atoms with Gasteiger partial charge in [-0.2, -0.15) is 0 Å². The lowest BCUT2D eigenvalue weighted by atomic mass is 10.3. The first-order valence-electron chi connectivity index (χ1n) is 4.67. The monoisotopic (exact) mass is 194 g/mol. The lowest BCUT2D eigenvalue weighted by Gasteiger charge is -2.17. The minimum absolute atomic E-state index is 0.132. The number of H-pyrrole nitrogens is 1. The molecule has 76 valence electrons. The molecule has 0 saturated heterocycles. The van der Waals surface area contributed by atoms with E-state index in [0.29, 0.717) is 18.8 Å². The molecule has 4 heteroatoms. The summed E-state index contributed by atoms with van der Waals surface area (Å²) in [4.78, 5) is 27.1. The van der Waals surface area contributed by atoms with E-state index in [0.717, 1.165) is 0 Å². The largest absolute Gasteiger partial charge is 0.357 e. The standard InChI is InChI=1S/C10H14N2O2/c1-3-12(4-2)10(14)9-7-8(13)5-6-11-9/h5-7H,3-4H2,1-2H3,(H,11,13). The summed E-state index contributed by atoms with van der Waals surface area (Å²) >= 11 is 0. The van der Waals surface area contributed by atoms with Crippen LogP contribution in [0.1, 0.15) is 24.3 Å². The molecule has 0 aliphatic rings. The Bertz CT molecular complexity index is 366. The highest BCUT2D eigenvalue weighted by Crippen LogP contribution is 1.98. The van der Waals surface area contributed by atoms with E-state index in [1.165, 1.54) is 18.3 Å². The van der Waals surface area contributed by atoms with E-state index in [2.05, 4.69) is 4.98 Å². The van der Waals surface area contributed by atoms with Crippen molar-refractivity contribution in [3.05, 3.63) is 34.2 Å². The molecule has 0 aromatic carbocycles. The normalized spacial score (nSPS) is 9.86. The van der Waals surface area contributed by atoms with Crippen molar-refractivity contribution in [2.75, 3.05) is 13.1 Å². The maximum Gasteiger partial charge on any atom is 0.270 e. The molecule has 1 aromatic rings. The maximum atomic E-state index is 11.7. The summed E-state index contributed by atoms with van der Waals surface area (Å²) in [6.45, 7) is 5.10. The molecule has 0 unspecified atom stereocenters. The van der Waals surface area contributed by atoms with Gasteiger partial charge in [0.05, 0.1) is 0 Å². The zero-order valence-electron chi connectivity index (χ0n) is 8.41. The molecule has 1 N–H and O–H groups in total. The van der Waals surface area contributed by atoms with Crippen molar-refractivity contribution < 1.29 is 4.79 Å². The molecule has 1 aromatic heterocycles. The zero-order chi connectivity index (χ0) is 10.6. The molecule has 14 heavy (non-hydrogen) atoms. The van der Waals surface area contributed by atoms with E-state index in [9.17, 15) is 9.59 Å². The van der Waals surface area contributed by atoms with Gasteiger partial charge in [0.1, 0.15) is 5.69 Å². The number of hydrogen-bond acceptors (Lipinski definition) is 2. The van der Waals surface area contributed by atoms with Gasteiger partial charge in [0, 0.05) is 31.4 Å². The smallest absolute Gasteiger partial charge is 0.270 e. The van der Waals surface area contributed by atoms with Crippen molar-refractivity contribution in [2.45, 2.75) is 13.8 Å². The molecule has 1 rings (SSSR count). The second kappa shape index (κ2) is 4.60. The number of rotatable bonds is 3. The van der Waals surface area contributed by atoms with Gasteiger partial charge in [0.25, 0.3) is 5.91 Å². The molecule has 1 amide bonds. The van der Waals surface area contributed by atoms with E-state index in [1.807, 2.05) is 13.8 Å². The van der Waals surface area contributed by atoms with Crippen LogP contribution in [0.15, 0.2) is 23.1 Å². The SMILES string of the molecule is CCN(CC)C(=O)c1cc(=O)cc[nH]1. The van der Waals surface area contributed by atoms with Gasteiger partial charge in [-0.25, -0.2) is 0 Å². The Morgan fingerprint density at radius 3 is 2.57 bits per heavy atom. The van der Waals surface area contributed by atoms with Crippen LogP contribution in [-0.4, -0.2) is 28.9 Å². The first-order valence-corrected chi connectivity index (χ1v) is 4.67. The predicted octanol–water partition coefficient (Wildman–Crippen LogP) is 0.857. The third kappa shape index (κ3) is 2.22. The van der Waals surface area contributed by atoms with E-state index >= 15 is 0 Å². The number of nitrogens with one attached hydrogen (secondary N) is 1. The summed E-state index contributed by atoms with van der Waals surface area (Å²) in [7, 11) is 0. The van der Waals surface area contributed by atoms with Gasteiger partial charge in [-0.1, -0.05) is 0 Å². The van der Waals surface area contributed by atoms with Crippen LogP contribution >= 0.6 is 0 Å². The van der Waals surface area contributed by atoms with E-state index in [1.54, 1.807) is 4.90 Å². The fraction of sp³-hybridized carbons (Fsp3) is 0.400. The van der Waals surface area contributed by atoms with Gasteiger partial charge in [-0.15, -0.1) is 0 Å². The first-order chi connectivity index (χ1) is 6.69. The minimum atomic E-state index is -0.153. The van der Waals surface area contributed by atoms with Gasteiger partial charge in [0.2, 0.25) is 0 Å². The molecular formula is C10H14N2O2. The summed E-state index contributed by atoms with van der Waals surface area (Å²) in [5, 5.41) is 0. The number of aromatic amines is 1. The second-order valence-electron chi connectivity index (χ2n) is 2.92. The van der Waals surface area contributed by atoms with Gasteiger partial charge in [0.15, 0.2) is 5.43 Å². The lowest BCUT2D eigenvalue weighted by Crippen LogP contribution is -2.31. The highest BCUT2D eigenvalue weighted by Gasteiger charge is 2.12. The van der Waals surface area contributed by atoms with Crippen LogP contribution in [0.3, 0.4) is 0 Å². The van der Waals surface area contributed by atoms with E-state index < -0.39 is 0 Å². The summed E-state index contributed by atoms with van der Waals surface area (Å²) in [6.07, 6.45) is 1.49. The van der Waals surface area contributed by atoms with Crippen molar-refractivity contribution in [3.8, 4) is 0 Å². The molecular weight excluding hydrogens is 180 g/mol. The Morgan fingerprint density at radius 2 is 2.07 bits per heavy atom. The molecule has 0 fully saturated rings. The summed E-state index contributed by atoms with van der Waals surface area (Å²) in [5.74, 6) is -0.132. The molecule has 0 bridgehead atoms. The Kier molecular flexibility index (Phi) is 3.45. The number of amides is 1. The molecule has 0 radical (unpaired) electrons. The molecule has 0 atom stereocenters. The number of nitrogens with zero attached hydrogens (tertiary/aromatic N) is 1. The van der Waals surface area contributed by atoms with Crippen molar-refractivity contribution in [3.63, 3.8) is 0 Å². The molecule has 0 aliphatic carbocycles. The lowest BCUT2D eigenvalue weighted by molar-refractivity contribution is 0.0767. The summed E-state index contributed by atoms with van der Waals surface area (Å²) in [6, 6.07) is 2.71. The first kappa shape index (κ1) is 10.5. The highest BCUT2D eigenvalue weighted by molar-refractivity contribution is 5.92. The summed E-state index contributed by atoms with van der Waals surface area (Å²) in [5.41, 5.74) is 0.195. The van der Waals surface area contributed by atoms with Gasteiger partial charge < -0.3 is 9.88 Å². The number of carbonyl (C=O) groups excluding carboxylic acids is 1. The third-order valence-corrected chi connectivity index (χ3v) is 2.05. The highest BCUT2D eigenvalue weighted by atomic mass is 16.2. The van der Waals surface area contributed by atoms with Crippen LogP contribution in [0, 0.1) is 0 Å². The fourth-order valence-electron chi connectivity index (χ4n) is 1.25. The average Bonchev–Trinajstić information content (AvgIpc) is 2.19. The average molecular weight is 194 g/mol. The minimum Gasteiger partial charge on any atom is -0.357 e. The van der Waals surface area contributed by atoms with Gasteiger partial charge in [-0.3, -0.25) is 9.59 Å². The van der Waals surface area contributed by atoms with Crippen molar-refractivity contribution >= 4 is 5.91 Å². The van der Waals surface area contributed by atoms with Crippen molar-refractivity contribution in [2.24, 2.45) is 0 Å². The molecule has 1 heterocycles. The quantitative estimate of drug-likeness (QED) is 0.775. The molecule has 0 saturated carbocycles. The topological polar surface area (TPSA) is 53.2 Å². The van der Waals surface area contributed by atoms with Crippen LogP contribution in [0.25, 0.3) is 0 Å². The van der Waals surface area contributed by atoms with Crippen molar-refractivity contribution in [1.29, 1.82) is 0 Å². The van der Waals surface area contributed by atoms with Gasteiger partial charge >= 0.3 is 0 Å². The van der Waals surface area contributed by atoms with Crippen LogP contribution in [-0.2, 0) is 0 Å². The maximum absolute atomic E-state index is 11.7. The Balaban J connectivity index is 2.94. The van der Waals surface area contributed by atoms with E-state index in [-0.39, 0.29) is 11.3 Å². The summed E-state index contributed by atoms with van der Waals surface area (Å²) < 4.78 is 0. The van der Waals surface area contributed by atoms with Crippen LogP contribution in [0.4, 0.5) is 0 Å². The Hall–Kier alpha value is -1.58. The number of aromatic nitrogens is 1. The van der Waals surface area contributed by atoms with Crippen LogP contribution in [0.2, 0.25) is 0 Å². The molecule has 0 aliphatic heterocycles. The van der Waals surface area contributed by atoms with E-state index in [4.69, 9.17) is 0 Å².